The first-order valence-corrected chi connectivity index (χ1v) is 11.6. The van der Waals surface area contributed by atoms with Gasteiger partial charge in [-0.25, -0.2) is 8.78 Å². The van der Waals surface area contributed by atoms with Crippen LogP contribution >= 0.6 is 46.4 Å². The Hall–Kier alpha value is -1.81. The number of anilines is 1. The van der Waals surface area contributed by atoms with Gasteiger partial charge in [-0.15, -0.1) is 23.2 Å². The summed E-state index contributed by atoms with van der Waals surface area (Å²) >= 11 is 24.3. The first-order valence-electron chi connectivity index (χ1n) is 10.1. The zero-order valence-corrected chi connectivity index (χ0v) is 20.4. The highest BCUT2D eigenvalue weighted by Gasteiger charge is 2.67. The number of rotatable bonds is 5. The molecular weight excluding hydrogens is 561 g/mol. The van der Waals surface area contributed by atoms with Crippen LogP contribution in [0, 0.1) is 5.92 Å². The van der Waals surface area contributed by atoms with Crippen molar-refractivity contribution in [3.63, 3.8) is 0 Å². The number of amides is 2. The maximum absolute atomic E-state index is 13.2. The van der Waals surface area contributed by atoms with Crippen LogP contribution in [0.3, 0.4) is 0 Å². The normalized spacial score (nSPS) is 22.8. The topological polar surface area (TPSA) is 58.2 Å². The van der Waals surface area contributed by atoms with Crippen LogP contribution in [0.4, 0.5) is 27.6 Å². The van der Waals surface area contributed by atoms with Gasteiger partial charge in [0.15, 0.2) is 0 Å². The second kappa shape index (κ2) is 8.94. The molecule has 2 amide bonds. The van der Waals surface area contributed by atoms with Crippen molar-refractivity contribution in [2.24, 2.45) is 5.92 Å². The van der Waals surface area contributed by atoms with E-state index in [1.165, 1.54) is 24.3 Å². The predicted octanol–water partition coefficient (Wildman–Crippen LogP) is 7.07. The lowest BCUT2D eigenvalue weighted by Gasteiger charge is -2.35. The maximum atomic E-state index is 13.2. The molecule has 2 aromatic carbocycles. The standard InChI is InChI=1S/C22H15Cl4F5N2O2/c23-11-4-9(3-10(5-11)22(29,30)31)16-17(21(16,25)26)19(35)32-12-1-2-15(24)14(6-12)18(34)33-13-7-20(27,28)8-13/h1-6,13,16-17H,7-8H2,(H,32,35)(H,33,34)/t16-,17+/m1/s1. The molecule has 0 aliphatic heterocycles. The van der Waals surface area contributed by atoms with E-state index in [0.717, 1.165) is 12.1 Å². The minimum Gasteiger partial charge on any atom is -0.349 e. The van der Waals surface area contributed by atoms with E-state index < -0.39 is 64.5 Å². The van der Waals surface area contributed by atoms with E-state index in [0.29, 0.717) is 0 Å². The van der Waals surface area contributed by atoms with Crippen molar-refractivity contribution in [2.45, 2.75) is 41.2 Å². The second-order valence-corrected chi connectivity index (χ2v) is 10.8. The molecule has 2 atom stereocenters. The molecule has 0 radical (unpaired) electrons. The second-order valence-electron chi connectivity index (χ2n) is 8.52. The van der Waals surface area contributed by atoms with E-state index in [1.807, 2.05) is 0 Å². The largest absolute Gasteiger partial charge is 0.416 e. The lowest BCUT2D eigenvalue weighted by atomic mass is 9.88. The van der Waals surface area contributed by atoms with Crippen molar-refractivity contribution in [3.05, 3.63) is 63.1 Å². The lowest BCUT2D eigenvalue weighted by Crippen LogP contribution is -2.50. The Morgan fingerprint density at radius 1 is 1.00 bits per heavy atom. The first kappa shape index (κ1) is 26.3. The van der Waals surface area contributed by atoms with Crippen molar-refractivity contribution >= 4 is 63.9 Å². The minimum atomic E-state index is -4.66. The molecule has 2 aliphatic carbocycles. The van der Waals surface area contributed by atoms with Gasteiger partial charge in [0.1, 0.15) is 4.33 Å². The van der Waals surface area contributed by atoms with Gasteiger partial charge in [-0.1, -0.05) is 23.2 Å². The zero-order chi connectivity index (χ0) is 25.9. The highest BCUT2D eigenvalue weighted by Crippen LogP contribution is 2.65. The van der Waals surface area contributed by atoms with Gasteiger partial charge >= 0.3 is 6.18 Å². The van der Waals surface area contributed by atoms with E-state index >= 15 is 0 Å². The third kappa shape index (κ3) is 5.48. The van der Waals surface area contributed by atoms with Crippen LogP contribution in [0.1, 0.15) is 40.2 Å². The monoisotopic (exact) mass is 574 g/mol. The molecule has 2 aromatic rings. The molecule has 4 rings (SSSR count). The zero-order valence-electron chi connectivity index (χ0n) is 17.3. The summed E-state index contributed by atoms with van der Waals surface area (Å²) in [5.74, 6) is -6.31. The number of hydrogen-bond donors (Lipinski definition) is 2. The molecule has 2 fully saturated rings. The van der Waals surface area contributed by atoms with Gasteiger partial charge in [-0.05, 0) is 42.0 Å². The molecular formula is C22H15Cl4F5N2O2. The summed E-state index contributed by atoms with van der Waals surface area (Å²) in [6, 6.07) is 6.09. The average molecular weight is 576 g/mol. The quantitative estimate of drug-likeness (QED) is 0.296. The van der Waals surface area contributed by atoms with Crippen LogP contribution in [-0.2, 0) is 11.0 Å². The molecule has 0 unspecified atom stereocenters. The molecule has 188 valence electrons. The average Bonchev–Trinajstić information content (AvgIpc) is 3.29. The van der Waals surface area contributed by atoms with Crippen molar-refractivity contribution in [1.29, 1.82) is 0 Å². The first-order chi connectivity index (χ1) is 16.1. The van der Waals surface area contributed by atoms with Crippen molar-refractivity contribution in [2.75, 3.05) is 5.32 Å². The number of carbonyl (C=O) groups is 2. The van der Waals surface area contributed by atoms with E-state index in [4.69, 9.17) is 46.4 Å². The summed E-state index contributed by atoms with van der Waals surface area (Å²) in [5, 5.41) is 4.79. The Labute approximate surface area is 216 Å². The highest BCUT2D eigenvalue weighted by molar-refractivity contribution is 6.53. The van der Waals surface area contributed by atoms with Gasteiger partial charge in [-0.2, -0.15) is 13.2 Å². The van der Waals surface area contributed by atoms with E-state index in [-0.39, 0.29) is 26.9 Å². The third-order valence-electron chi connectivity index (χ3n) is 5.85. The van der Waals surface area contributed by atoms with Gasteiger partial charge in [0.05, 0.1) is 22.1 Å². The molecule has 2 saturated carbocycles. The van der Waals surface area contributed by atoms with Crippen molar-refractivity contribution in [3.8, 4) is 0 Å². The van der Waals surface area contributed by atoms with E-state index in [2.05, 4.69) is 10.6 Å². The fourth-order valence-corrected chi connectivity index (χ4v) is 5.32. The van der Waals surface area contributed by atoms with Crippen LogP contribution in [0.2, 0.25) is 10.0 Å². The Morgan fingerprint density at radius 2 is 1.66 bits per heavy atom. The summed E-state index contributed by atoms with van der Waals surface area (Å²) in [7, 11) is 0. The molecule has 0 heterocycles. The van der Waals surface area contributed by atoms with Gasteiger partial charge in [0.25, 0.3) is 11.8 Å². The molecule has 35 heavy (non-hydrogen) atoms. The van der Waals surface area contributed by atoms with Crippen LogP contribution in [0.5, 0.6) is 0 Å². The van der Waals surface area contributed by atoms with Crippen LogP contribution in [-0.4, -0.2) is 28.1 Å². The van der Waals surface area contributed by atoms with Gasteiger partial charge in [-0.3, -0.25) is 9.59 Å². The fourth-order valence-electron chi connectivity index (χ4n) is 4.05. The molecule has 0 spiro atoms. The molecule has 13 heteroatoms. The summed E-state index contributed by atoms with van der Waals surface area (Å²) < 4.78 is 63.8. The lowest BCUT2D eigenvalue weighted by molar-refractivity contribution is -0.137. The van der Waals surface area contributed by atoms with Crippen molar-refractivity contribution < 1.29 is 31.5 Å². The number of carbonyl (C=O) groups excluding carboxylic acids is 2. The number of hydrogen-bond acceptors (Lipinski definition) is 2. The maximum Gasteiger partial charge on any atom is 0.416 e. The molecule has 0 aromatic heterocycles. The van der Waals surface area contributed by atoms with Crippen molar-refractivity contribution in [1.82, 2.24) is 5.32 Å². The summed E-state index contributed by atoms with van der Waals surface area (Å²) in [4.78, 5) is 25.3. The Bertz CT molecular complexity index is 1200. The molecule has 2 aliphatic rings. The summed E-state index contributed by atoms with van der Waals surface area (Å²) in [5.41, 5.74) is -0.892. The Morgan fingerprint density at radius 3 is 2.26 bits per heavy atom. The number of halogens is 9. The number of alkyl halides is 7. The highest BCUT2D eigenvalue weighted by atomic mass is 35.5. The van der Waals surface area contributed by atoms with Crippen LogP contribution < -0.4 is 10.6 Å². The minimum absolute atomic E-state index is 0.0264. The van der Waals surface area contributed by atoms with Crippen LogP contribution in [0.15, 0.2) is 36.4 Å². The molecule has 0 bridgehead atoms. The molecule has 4 nitrogen and oxygen atoms in total. The number of nitrogens with one attached hydrogen (secondary N) is 2. The van der Waals surface area contributed by atoms with E-state index in [9.17, 15) is 31.5 Å². The Kier molecular flexibility index (Phi) is 6.71. The van der Waals surface area contributed by atoms with E-state index in [1.54, 1.807) is 0 Å². The summed E-state index contributed by atoms with van der Waals surface area (Å²) in [6.07, 6.45) is -5.63. The Balaban J connectivity index is 1.49. The van der Waals surface area contributed by atoms with Gasteiger partial charge in [0.2, 0.25) is 5.91 Å². The molecule has 0 saturated heterocycles. The predicted molar refractivity (Wildman–Crippen MR) is 123 cm³/mol. The van der Waals surface area contributed by atoms with Crippen LogP contribution in [0.25, 0.3) is 0 Å². The number of benzene rings is 2. The fraction of sp³-hybridized carbons (Fsp3) is 0.364. The molecule has 2 N–H and O–H groups in total. The SMILES string of the molecule is O=C(NC1CC(F)(F)C1)c1cc(NC(=O)[C@@H]2[C@@H](c3cc(Cl)cc(C(F)(F)F)c3)C2(Cl)Cl)ccc1Cl. The third-order valence-corrected chi connectivity index (χ3v) is 7.33. The summed E-state index contributed by atoms with van der Waals surface area (Å²) in [6.45, 7) is 0. The van der Waals surface area contributed by atoms with Gasteiger partial charge in [0, 0.05) is 35.5 Å². The van der Waals surface area contributed by atoms with Gasteiger partial charge < -0.3 is 10.6 Å². The smallest absolute Gasteiger partial charge is 0.349 e.